The van der Waals surface area contributed by atoms with Crippen LogP contribution in [0.1, 0.15) is 31.5 Å². The topological polar surface area (TPSA) is 77.4 Å². The van der Waals surface area contributed by atoms with Gasteiger partial charge in [0.15, 0.2) is 5.75 Å². The largest absolute Gasteiger partial charge is 0.573 e. The van der Waals surface area contributed by atoms with Gasteiger partial charge >= 0.3 is 12.4 Å². The number of alkyl halides is 3. The standard InChI is InChI=1S/C27H27F3N4O3/c1-3-8-19-9-4-6-11-23(19)34-25(17-18(2)33-34)36-24-12-7-5-10-22(24)32-26(35)31-20-13-15-21(16-14-20)37-27(28,29)30/h4-7,9-17,19,23H,3,8H2,1-2H3,(H2,31,32,35). The summed E-state index contributed by atoms with van der Waals surface area (Å²) in [5.74, 6) is 0.853. The molecule has 3 aromatic rings. The van der Waals surface area contributed by atoms with E-state index in [0.717, 1.165) is 30.7 Å². The quantitative estimate of drug-likeness (QED) is 0.326. The molecule has 0 saturated carbocycles. The predicted molar refractivity (Wildman–Crippen MR) is 135 cm³/mol. The average Bonchev–Trinajstić information content (AvgIpc) is 3.21. The first-order valence-electron chi connectivity index (χ1n) is 11.8. The van der Waals surface area contributed by atoms with E-state index in [4.69, 9.17) is 4.74 Å². The van der Waals surface area contributed by atoms with E-state index in [2.05, 4.69) is 39.5 Å². The SMILES string of the molecule is CCCC1C=CC=CC1n1nc(C)cc1Oc1ccccc1NC(=O)Nc1ccc(OC(F)(F)F)cc1. The summed E-state index contributed by atoms with van der Waals surface area (Å²) in [7, 11) is 0. The number of amides is 2. The highest BCUT2D eigenvalue weighted by atomic mass is 19.4. The van der Waals surface area contributed by atoms with Gasteiger partial charge in [0.1, 0.15) is 5.75 Å². The van der Waals surface area contributed by atoms with Crippen LogP contribution in [0.5, 0.6) is 17.4 Å². The van der Waals surface area contributed by atoms with Crippen molar-refractivity contribution < 1.29 is 27.4 Å². The third-order valence-electron chi connectivity index (χ3n) is 5.64. The van der Waals surface area contributed by atoms with Crippen molar-refractivity contribution in [3.8, 4) is 17.4 Å². The van der Waals surface area contributed by atoms with E-state index in [0.29, 0.717) is 23.0 Å². The molecular formula is C27H27F3N4O3. The number of halogens is 3. The van der Waals surface area contributed by atoms with E-state index >= 15 is 0 Å². The number of nitrogens with zero attached hydrogens (tertiary/aromatic N) is 2. The zero-order chi connectivity index (χ0) is 26.4. The Kier molecular flexibility index (Phi) is 7.86. The Bertz CT molecular complexity index is 1280. The molecule has 1 aromatic heterocycles. The van der Waals surface area contributed by atoms with Crippen LogP contribution in [0.25, 0.3) is 0 Å². The van der Waals surface area contributed by atoms with Crippen LogP contribution in [-0.2, 0) is 0 Å². The van der Waals surface area contributed by atoms with Gasteiger partial charge in [0.2, 0.25) is 5.88 Å². The Morgan fingerprint density at radius 1 is 1.05 bits per heavy atom. The van der Waals surface area contributed by atoms with Gasteiger partial charge in [-0.25, -0.2) is 9.48 Å². The molecule has 1 aliphatic carbocycles. The number of aromatic nitrogens is 2. The van der Waals surface area contributed by atoms with Gasteiger partial charge in [-0.1, -0.05) is 49.8 Å². The molecule has 2 N–H and O–H groups in total. The number of aryl methyl sites for hydroxylation is 1. The normalized spacial score (nSPS) is 16.9. The van der Waals surface area contributed by atoms with Crippen LogP contribution in [0.15, 0.2) is 78.9 Å². The first-order chi connectivity index (χ1) is 17.7. The second-order valence-corrected chi connectivity index (χ2v) is 8.53. The molecule has 194 valence electrons. The second kappa shape index (κ2) is 11.2. The minimum Gasteiger partial charge on any atom is -0.437 e. The van der Waals surface area contributed by atoms with Crippen molar-refractivity contribution in [2.45, 2.75) is 39.1 Å². The zero-order valence-electron chi connectivity index (χ0n) is 20.3. The summed E-state index contributed by atoms with van der Waals surface area (Å²) in [4.78, 5) is 12.6. The molecule has 4 rings (SSSR count). The summed E-state index contributed by atoms with van der Waals surface area (Å²) < 4.78 is 49.0. The number of para-hydroxylation sites is 2. The van der Waals surface area contributed by atoms with Crippen molar-refractivity contribution >= 4 is 17.4 Å². The number of allylic oxidation sites excluding steroid dienone is 4. The molecule has 0 radical (unpaired) electrons. The highest BCUT2D eigenvalue weighted by molar-refractivity contribution is 6.00. The molecule has 0 bridgehead atoms. The number of anilines is 2. The Labute approximate surface area is 212 Å². The van der Waals surface area contributed by atoms with Gasteiger partial charge < -0.3 is 20.1 Å². The molecule has 1 heterocycles. The van der Waals surface area contributed by atoms with E-state index in [9.17, 15) is 18.0 Å². The van der Waals surface area contributed by atoms with E-state index in [1.807, 2.05) is 29.8 Å². The van der Waals surface area contributed by atoms with Gasteiger partial charge in [-0.05, 0) is 49.7 Å². The Balaban J connectivity index is 1.47. The summed E-state index contributed by atoms with van der Waals surface area (Å²) in [5.41, 5.74) is 1.50. The monoisotopic (exact) mass is 512 g/mol. The molecule has 0 spiro atoms. The lowest BCUT2D eigenvalue weighted by atomic mass is 9.91. The number of urea groups is 1. The molecule has 10 heteroatoms. The average molecular weight is 513 g/mol. The number of hydrogen-bond donors (Lipinski definition) is 2. The summed E-state index contributed by atoms with van der Waals surface area (Å²) in [6.45, 7) is 4.04. The number of benzene rings is 2. The maximum Gasteiger partial charge on any atom is 0.573 e. The maximum absolute atomic E-state index is 12.6. The Morgan fingerprint density at radius 3 is 2.51 bits per heavy atom. The summed E-state index contributed by atoms with van der Waals surface area (Å²) in [5, 5.41) is 9.97. The molecule has 7 nitrogen and oxygen atoms in total. The minimum atomic E-state index is -4.79. The fraction of sp³-hybridized carbons (Fsp3) is 0.259. The molecule has 1 aliphatic rings. The lowest BCUT2D eigenvalue weighted by molar-refractivity contribution is -0.274. The molecule has 2 atom stereocenters. The van der Waals surface area contributed by atoms with E-state index < -0.39 is 12.4 Å². The number of carbonyl (C=O) groups is 1. The third kappa shape index (κ3) is 6.93. The maximum atomic E-state index is 12.6. The van der Waals surface area contributed by atoms with Gasteiger partial charge in [0, 0.05) is 17.7 Å². The first kappa shape index (κ1) is 25.9. The van der Waals surface area contributed by atoms with Crippen LogP contribution >= 0.6 is 0 Å². The van der Waals surface area contributed by atoms with E-state index in [1.165, 1.54) is 12.1 Å². The third-order valence-corrected chi connectivity index (χ3v) is 5.64. The summed E-state index contributed by atoms with van der Waals surface area (Å²) in [6, 6.07) is 13.1. The Morgan fingerprint density at radius 2 is 1.78 bits per heavy atom. The molecule has 2 amide bonds. The van der Waals surface area contributed by atoms with Gasteiger partial charge in [-0.15, -0.1) is 13.2 Å². The van der Waals surface area contributed by atoms with Crippen LogP contribution in [0.4, 0.5) is 29.3 Å². The van der Waals surface area contributed by atoms with Crippen LogP contribution < -0.4 is 20.1 Å². The summed E-state index contributed by atoms with van der Waals surface area (Å²) >= 11 is 0. The van der Waals surface area contributed by atoms with Crippen LogP contribution in [0.2, 0.25) is 0 Å². The van der Waals surface area contributed by atoms with E-state index in [-0.39, 0.29) is 17.7 Å². The van der Waals surface area contributed by atoms with Gasteiger partial charge in [0.05, 0.1) is 17.4 Å². The minimum absolute atomic E-state index is 0.00127. The van der Waals surface area contributed by atoms with E-state index in [1.54, 1.807) is 24.3 Å². The van der Waals surface area contributed by atoms with Crippen molar-refractivity contribution in [1.82, 2.24) is 9.78 Å². The highest BCUT2D eigenvalue weighted by Crippen LogP contribution is 2.36. The zero-order valence-corrected chi connectivity index (χ0v) is 20.3. The lowest BCUT2D eigenvalue weighted by Crippen LogP contribution is -2.21. The number of rotatable bonds is 8. The first-order valence-corrected chi connectivity index (χ1v) is 11.8. The molecule has 2 unspecified atom stereocenters. The van der Waals surface area contributed by atoms with Crippen LogP contribution in [0.3, 0.4) is 0 Å². The Hall–Kier alpha value is -4.21. The summed E-state index contributed by atoms with van der Waals surface area (Å²) in [6.07, 6.45) is 5.58. The smallest absolute Gasteiger partial charge is 0.437 e. The van der Waals surface area contributed by atoms with Crippen LogP contribution in [-0.4, -0.2) is 22.2 Å². The lowest BCUT2D eigenvalue weighted by Gasteiger charge is -2.25. The fourth-order valence-electron chi connectivity index (χ4n) is 4.08. The molecule has 2 aromatic carbocycles. The number of ether oxygens (including phenoxy) is 2. The molecule has 0 aliphatic heterocycles. The van der Waals surface area contributed by atoms with Crippen molar-refractivity contribution in [1.29, 1.82) is 0 Å². The molecule has 0 fully saturated rings. The predicted octanol–water partition coefficient (Wildman–Crippen LogP) is 7.61. The van der Waals surface area contributed by atoms with Crippen molar-refractivity contribution in [2.75, 3.05) is 10.6 Å². The van der Waals surface area contributed by atoms with Gasteiger partial charge in [0.25, 0.3) is 0 Å². The fourth-order valence-corrected chi connectivity index (χ4v) is 4.08. The molecule has 37 heavy (non-hydrogen) atoms. The number of hydrogen-bond acceptors (Lipinski definition) is 4. The van der Waals surface area contributed by atoms with Crippen molar-refractivity contribution in [2.24, 2.45) is 5.92 Å². The van der Waals surface area contributed by atoms with Crippen LogP contribution in [0, 0.1) is 12.8 Å². The highest BCUT2D eigenvalue weighted by Gasteiger charge is 2.31. The molecular weight excluding hydrogens is 485 g/mol. The number of nitrogens with one attached hydrogen (secondary N) is 2. The van der Waals surface area contributed by atoms with Gasteiger partial charge in [-0.3, -0.25) is 0 Å². The number of carbonyl (C=O) groups excluding carboxylic acids is 1. The van der Waals surface area contributed by atoms with Gasteiger partial charge in [-0.2, -0.15) is 5.10 Å². The van der Waals surface area contributed by atoms with Crippen molar-refractivity contribution in [3.63, 3.8) is 0 Å². The molecule has 0 saturated heterocycles. The van der Waals surface area contributed by atoms with Crippen molar-refractivity contribution in [3.05, 3.63) is 84.6 Å². The second-order valence-electron chi connectivity index (χ2n) is 8.53.